The fourth-order valence-electron chi connectivity index (χ4n) is 3.06. The lowest BCUT2D eigenvalue weighted by Gasteiger charge is -2.35. The monoisotopic (exact) mass is 395 g/mol. The van der Waals surface area contributed by atoms with Crippen molar-refractivity contribution in [2.45, 2.75) is 34.5 Å². The molecular weight excluding hydrogens is 374 g/mol. The largest absolute Gasteiger partial charge is 0.411 e. The van der Waals surface area contributed by atoms with Gasteiger partial charge in [0.05, 0.1) is 16.2 Å². The molecule has 0 aliphatic carbocycles. The number of sulfone groups is 1. The van der Waals surface area contributed by atoms with Crippen LogP contribution in [0.3, 0.4) is 0 Å². The van der Waals surface area contributed by atoms with Crippen LogP contribution >= 0.6 is 11.3 Å². The van der Waals surface area contributed by atoms with Crippen molar-refractivity contribution >= 4 is 26.9 Å². The Morgan fingerprint density at radius 3 is 2.50 bits per heavy atom. The molecule has 0 atom stereocenters. The Labute approximate surface area is 157 Å². The summed E-state index contributed by atoms with van der Waals surface area (Å²) in [7, 11) is -1.96. The first-order valence-corrected chi connectivity index (χ1v) is 10.6. The van der Waals surface area contributed by atoms with Crippen molar-refractivity contribution in [2.24, 2.45) is 5.16 Å². The van der Waals surface area contributed by atoms with E-state index in [-0.39, 0.29) is 9.10 Å². The number of oxime groups is 1. The average molecular weight is 396 g/mol. The van der Waals surface area contributed by atoms with E-state index in [1.807, 2.05) is 5.38 Å². The number of rotatable bonds is 5. The predicted molar refractivity (Wildman–Crippen MR) is 99.0 cm³/mol. The highest BCUT2D eigenvalue weighted by Gasteiger charge is 2.36. The molecule has 3 rings (SSSR count). The van der Waals surface area contributed by atoms with E-state index in [0.29, 0.717) is 37.3 Å². The minimum atomic E-state index is -3.61. The first-order chi connectivity index (χ1) is 12.4. The lowest BCUT2D eigenvalue weighted by Crippen LogP contribution is -2.35. The minimum absolute atomic E-state index is 0.207. The first-order valence-electron chi connectivity index (χ1n) is 8.19. The van der Waals surface area contributed by atoms with Gasteiger partial charge < -0.3 is 14.7 Å². The van der Waals surface area contributed by atoms with Gasteiger partial charge in [0.2, 0.25) is 9.84 Å². The summed E-state index contributed by atoms with van der Waals surface area (Å²) in [6, 6.07) is 8.03. The number of methoxy groups -OCH3 is 1. The van der Waals surface area contributed by atoms with Crippen LogP contribution in [0.1, 0.15) is 30.9 Å². The van der Waals surface area contributed by atoms with Gasteiger partial charge >= 0.3 is 0 Å². The van der Waals surface area contributed by atoms with Gasteiger partial charge in [-0.25, -0.2) is 8.42 Å². The van der Waals surface area contributed by atoms with Gasteiger partial charge in [0.15, 0.2) is 0 Å². The van der Waals surface area contributed by atoms with Crippen molar-refractivity contribution in [1.82, 2.24) is 0 Å². The summed E-state index contributed by atoms with van der Waals surface area (Å²) in [5, 5.41) is 13.8. The zero-order valence-electron chi connectivity index (χ0n) is 14.6. The molecule has 2 heterocycles. The van der Waals surface area contributed by atoms with Gasteiger partial charge in [-0.1, -0.05) is 17.3 Å². The van der Waals surface area contributed by atoms with Crippen molar-refractivity contribution < 1.29 is 23.1 Å². The summed E-state index contributed by atoms with van der Waals surface area (Å²) >= 11 is 1.20. The zero-order chi connectivity index (χ0) is 18.8. The fraction of sp³-hybridized carbons (Fsp3) is 0.389. The molecule has 1 N–H and O–H groups in total. The van der Waals surface area contributed by atoms with Gasteiger partial charge in [-0.05, 0) is 41.6 Å². The van der Waals surface area contributed by atoms with Gasteiger partial charge in [-0.3, -0.25) is 0 Å². The van der Waals surface area contributed by atoms with Crippen LogP contribution in [0.15, 0.2) is 50.0 Å². The molecule has 0 unspecified atom stereocenters. The van der Waals surface area contributed by atoms with Crippen molar-refractivity contribution in [3.05, 3.63) is 46.8 Å². The number of hydrogen-bond acceptors (Lipinski definition) is 7. The van der Waals surface area contributed by atoms with E-state index in [0.717, 1.165) is 5.56 Å². The molecule has 1 fully saturated rings. The third-order valence-electron chi connectivity index (χ3n) is 4.79. The Hall–Kier alpha value is -1.74. The summed E-state index contributed by atoms with van der Waals surface area (Å²) < 4.78 is 37.3. The van der Waals surface area contributed by atoms with Crippen LogP contribution in [-0.2, 0) is 24.9 Å². The fourth-order valence-corrected chi connectivity index (χ4v) is 5.73. The predicted octanol–water partition coefficient (Wildman–Crippen LogP) is 3.43. The smallest absolute Gasteiger partial charge is 0.215 e. The highest BCUT2D eigenvalue weighted by Crippen LogP contribution is 2.39. The maximum atomic E-state index is 12.9. The zero-order valence-corrected chi connectivity index (χ0v) is 16.3. The second kappa shape index (κ2) is 7.48. The number of ether oxygens (including phenoxy) is 2. The maximum absolute atomic E-state index is 12.9. The minimum Gasteiger partial charge on any atom is -0.411 e. The Morgan fingerprint density at radius 2 is 1.92 bits per heavy atom. The second-order valence-corrected chi connectivity index (χ2v) is 9.27. The van der Waals surface area contributed by atoms with E-state index < -0.39 is 15.4 Å². The summed E-state index contributed by atoms with van der Waals surface area (Å²) in [6.07, 6.45) is 1.41. The standard InChI is InChI=1S/C18H21NO5S2/c1-13(19-20)14-3-5-16(6-4-14)26(21,22)17-11-15(12-25-17)18(23-2)7-9-24-10-8-18/h3-6,11-12,20H,7-10H2,1-2H3/b19-13+. The van der Waals surface area contributed by atoms with E-state index in [4.69, 9.17) is 14.7 Å². The maximum Gasteiger partial charge on any atom is 0.215 e. The highest BCUT2D eigenvalue weighted by molar-refractivity contribution is 7.93. The quantitative estimate of drug-likeness (QED) is 0.476. The molecule has 0 spiro atoms. The lowest BCUT2D eigenvalue weighted by atomic mass is 9.88. The third-order valence-corrected chi connectivity index (χ3v) is 8.00. The highest BCUT2D eigenvalue weighted by atomic mass is 32.2. The van der Waals surface area contributed by atoms with Crippen LogP contribution in [0, 0.1) is 0 Å². The summed E-state index contributed by atoms with van der Waals surface area (Å²) in [5.41, 5.74) is 1.49. The molecule has 1 aromatic heterocycles. The van der Waals surface area contributed by atoms with Crippen molar-refractivity contribution in [3.63, 3.8) is 0 Å². The van der Waals surface area contributed by atoms with Crippen molar-refractivity contribution in [1.29, 1.82) is 0 Å². The molecule has 1 aliphatic rings. The van der Waals surface area contributed by atoms with Gasteiger partial charge in [-0.15, -0.1) is 11.3 Å². The molecule has 2 aromatic rings. The van der Waals surface area contributed by atoms with Gasteiger partial charge in [0.25, 0.3) is 0 Å². The molecule has 26 heavy (non-hydrogen) atoms. The van der Waals surface area contributed by atoms with Crippen LogP contribution in [0.5, 0.6) is 0 Å². The SMILES string of the molecule is COC1(c2csc(S(=O)(=O)c3ccc(/C(C)=N/O)cc3)c2)CCOCC1. The molecule has 0 saturated carbocycles. The van der Waals surface area contributed by atoms with E-state index in [1.165, 1.54) is 23.5 Å². The molecule has 1 saturated heterocycles. The summed E-state index contributed by atoms with van der Waals surface area (Å²) in [4.78, 5) is 0.207. The molecule has 1 aromatic carbocycles. The molecule has 1 aliphatic heterocycles. The average Bonchev–Trinajstić information content (AvgIpc) is 3.19. The molecule has 6 nitrogen and oxygen atoms in total. The van der Waals surface area contributed by atoms with Crippen LogP contribution in [-0.4, -0.2) is 39.7 Å². The number of hydrogen-bond donors (Lipinski definition) is 1. The molecule has 140 valence electrons. The topological polar surface area (TPSA) is 85.2 Å². The third kappa shape index (κ3) is 3.42. The van der Waals surface area contributed by atoms with E-state index in [1.54, 1.807) is 32.2 Å². The van der Waals surface area contributed by atoms with Crippen LogP contribution in [0.4, 0.5) is 0 Å². The molecule has 8 heteroatoms. The normalized spacial score (nSPS) is 18.0. The number of thiophene rings is 1. The summed E-state index contributed by atoms with van der Waals surface area (Å²) in [5.74, 6) is 0. The molecule has 0 amide bonds. The summed E-state index contributed by atoms with van der Waals surface area (Å²) in [6.45, 7) is 2.84. The Balaban J connectivity index is 1.92. The second-order valence-electron chi connectivity index (χ2n) is 6.18. The molecule has 0 radical (unpaired) electrons. The number of benzene rings is 1. The first kappa shape index (κ1) is 19.0. The lowest BCUT2D eigenvalue weighted by molar-refractivity contribution is -0.0946. The van der Waals surface area contributed by atoms with E-state index in [9.17, 15) is 8.42 Å². The van der Waals surface area contributed by atoms with Crippen LogP contribution in [0.25, 0.3) is 0 Å². The Bertz CT molecular complexity index is 894. The Morgan fingerprint density at radius 1 is 1.27 bits per heavy atom. The number of nitrogens with zero attached hydrogens (tertiary/aromatic N) is 1. The van der Waals surface area contributed by atoms with Crippen LogP contribution in [0.2, 0.25) is 0 Å². The van der Waals surface area contributed by atoms with E-state index >= 15 is 0 Å². The van der Waals surface area contributed by atoms with Gasteiger partial charge in [0.1, 0.15) is 4.21 Å². The van der Waals surface area contributed by atoms with Crippen molar-refractivity contribution in [3.8, 4) is 0 Å². The van der Waals surface area contributed by atoms with Crippen LogP contribution < -0.4 is 0 Å². The van der Waals surface area contributed by atoms with Gasteiger partial charge in [0, 0.05) is 33.2 Å². The molecular formula is C18H21NO5S2. The van der Waals surface area contributed by atoms with E-state index in [2.05, 4.69) is 5.16 Å². The van der Waals surface area contributed by atoms with Crippen molar-refractivity contribution in [2.75, 3.05) is 20.3 Å². The molecule has 0 bridgehead atoms. The Kier molecular flexibility index (Phi) is 5.47. The van der Waals surface area contributed by atoms with Gasteiger partial charge in [-0.2, -0.15) is 0 Å².